The van der Waals surface area contributed by atoms with Crippen LogP contribution in [-0.2, 0) is 11.3 Å². The minimum absolute atomic E-state index is 0.162. The molecule has 128 valence electrons. The van der Waals surface area contributed by atoms with Crippen LogP contribution in [0.4, 0.5) is 0 Å². The monoisotopic (exact) mass is 337 g/mol. The van der Waals surface area contributed by atoms with Crippen molar-refractivity contribution in [2.75, 3.05) is 6.54 Å². The van der Waals surface area contributed by atoms with Crippen LogP contribution in [0, 0.1) is 0 Å². The first-order valence-corrected chi connectivity index (χ1v) is 8.01. The van der Waals surface area contributed by atoms with Gasteiger partial charge in [0, 0.05) is 37.9 Å². The van der Waals surface area contributed by atoms with Gasteiger partial charge >= 0.3 is 0 Å². The summed E-state index contributed by atoms with van der Waals surface area (Å²) in [6.07, 6.45) is 7.88. The lowest BCUT2D eigenvalue weighted by atomic mass is 10.3. The Kier molecular flexibility index (Phi) is 5.36. The number of ether oxygens (including phenoxy) is 1. The summed E-state index contributed by atoms with van der Waals surface area (Å²) >= 11 is 0. The van der Waals surface area contributed by atoms with Crippen LogP contribution in [0.15, 0.2) is 61.3 Å². The van der Waals surface area contributed by atoms with E-state index in [0.717, 1.165) is 5.82 Å². The van der Waals surface area contributed by atoms with Gasteiger partial charge in [0.1, 0.15) is 11.4 Å². The van der Waals surface area contributed by atoms with Gasteiger partial charge in [0.15, 0.2) is 11.9 Å². The zero-order chi connectivity index (χ0) is 17.5. The highest BCUT2D eigenvalue weighted by atomic mass is 16.5. The van der Waals surface area contributed by atoms with Gasteiger partial charge < -0.3 is 14.6 Å². The number of aromatic nitrogens is 4. The van der Waals surface area contributed by atoms with Crippen LogP contribution in [0.25, 0.3) is 11.5 Å². The Labute approximate surface area is 145 Å². The van der Waals surface area contributed by atoms with Gasteiger partial charge in [-0.1, -0.05) is 18.2 Å². The maximum Gasteiger partial charge on any atom is 0.260 e. The normalized spacial score (nSPS) is 11.7. The molecule has 0 aliphatic rings. The molecule has 1 N–H and O–H groups in total. The molecule has 3 rings (SSSR count). The van der Waals surface area contributed by atoms with Crippen molar-refractivity contribution in [1.82, 2.24) is 24.8 Å². The third-order valence-electron chi connectivity index (χ3n) is 3.58. The van der Waals surface area contributed by atoms with Crippen LogP contribution >= 0.6 is 0 Å². The summed E-state index contributed by atoms with van der Waals surface area (Å²) < 4.78 is 7.53. The number of nitrogens with one attached hydrogen (secondary N) is 1. The molecule has 0 spiro atoms. The average Bonchev–Trinajstić information content (AvgIpc) is 3.11. The van der Waals surface area contributed by atoms with Gasteiger partial charge in [0.25, 0.3) is 5.91 Å². The Morgan fingerprint density at radius 1 is 1.20 bits per heavy atom. The van der Waals surface area contributed by atoms with E-state index in [1.807, 2.05) is 41.1 Å². The van der Waals surface area contributed by atoms with Crippen LogP contribution in [-0.4, -0.2) is 38.1 Å². The van der Waals surface area contributed by atoms with Gasteiger partial charge in [-0.25, -0.2) is 9.97 Å². The van der Waals surface area contributed by atoms with Crippen molar-refractivity contribution < 1.29 is 9.53 Å². The van der Waals surface area contributed by atoms with E-state index in [-0.39, 0.29) is 5.91 Å². The average molecular weight is 337 g/mol. The Bertz CT molecular complexity index is 805. The quantitative estimate of drug-likeness (QED) is 0.712. The summed E-state index contributed by atoms with van der Waals surface area (Å²) in [6, 6.07) is 9.28. The van der Waals surface area contributed by atoms with Gasteiger partial charge in [-0.3, -0.25) is 9.78 Å². The summed E-state index contributed by atoms with van der Waals surface area (Å²) in [4.78, 5) is 24.7. The van der Waals surface area contributed by atoms with Crippen molar-refractivity contribution in [2.24, 2.45) is 0 Å². The maximum atomic E-state index is 12.1. The van der Waals surface area contributed by atoms with Crippen molar-refractivity contribution >= 4 is 5.91 Å². The molecule has 0 saturated heterocycles. The highest BCUT2D eigenvalue weighted by Gasteiger charge is 2.14. The maximum absolute atomic E-state index is 12.1. The third kappa shape index (κ3) is 4.41. The zero-order valence-corrected chi connectivity index (χ0v) is 13.9. The van der Waals surface area contributed by atoms with E-state index in [9.17, 15) is 4.79 Å². The van der Waals surface area contributed by atoms with Gasteiger partial charge in [0.05, 0.1) is 6.20 Å². The van der Waals surface area contributed by atoms with E-state index in [1.54, 1.807) is 31.7 Å². The number of para-hydroxylation sites is 1. The van der Waals surface area contributed by atoms with E-state index >= 15 is 0 Å². The molecular formula is C18H19N5O2. The number of carbonyl (C=O) groups excluding carboxylic acids is 1. The van der Waals surface area contributed by atoms with E-state index in [1.165, 1.54) is 0 Å². The molecule has 0 fully saturated rings. The minimum Gasteiger partial charge on any atom is -0.481 e. The van der Waals surface area contributed by atoms with E-state index < -0.39 is 6.10 Å². The summed E-state index contributed by atoms with van der Waals surface area (Å²) in [5, 5.41) is 2.87. The number of hydrogen-bond donors (Lipinski definition) is 1. The van der Waals surface area contributed by atoms with Crippen molar-refractivity contribution in [3.8, 4) is 17.3 Å². The molecule has 0 aliphatic heterocycles. The molecule has 0 unspecified atom stereocenters. The standard InChI is InChI=1S/C18H19N5O2/c1-14(25-15-5-3-2-4-6-15)18(24)22-10-12-23-11-9-21-17(23)16-13-19-7-8-20-16/h2-9,11,13-14H,10,12H2,1H3,(H,22,24)/t14-/m0/s1. The number of imidazole rings is 1. The van der Waals surface area contributed by atoms with Crippen molar-refractivity contribution in [3.05, 3.63) is 61.3 Å². The molecule has 0 saturated carbocycles. The third-order valence-corrected chi connectivity index (χ3v) is 3.58. The number of nitrogens with zero attached hydrogens (tertiary/aromatic N) is 4. The molecular weight excluding hydrogens is 318 g/mol. The summed E-state index contributed by atoms with van der Waals surface area (Å²) in [7, 11) is 0. The predicted molar refractivity (Wildman–Crippen MR) is 92.8 cm³/mol. The van der Waals surface area contributed by atoms with Crippen molar-refractivity contribution in [2.45, 2.75) is 19.6 Å². The first kappa shape index (κ1) is 16.6. The SMILES string of the molecule is C[C@H](Oc1ccccc1)C(=O)NCCn1ccnc1-c1cnccn1. The topological polar surface area (TPSA) is 81.9 Å². The minimum atomic E-state index is -0.565. The van der Waals surface area contributed by atoms with E-state index in [2.05, 4.69) is 20.3 Å². The van der Waals surface area contributed by atoms with Crippen molar-refractivity contribution in [3.63, 3.8) is 0 Å². The smallest absolute Gasteiger partial charge is 0.260 e. The van der Waals surface area contributed by atoms with E-state index in [0.29, 0.717) is 24.5 Å². The van der Waals surface area contributed by atoms with Gasteiger partial charge in [0.2, 0.25) is 0 Å². The van der Waals surface area contributed by atoms with E-state index in [4.69, 9.17) is 4.74 Å². The lowest BCUT2D eigenvalue weighted by molar-refractivity contribution is -0.127. The number of carbonyl (C=O) groups is 1. The van der Waals surface area contributed by atoms with Crippen LogP contribution in [0.3, 0.4) is 0 Å². The fraction of sp³-hybridized carbons (Fsp3) is 0.222. The Hall–Kier alpha value is -3.22. The lowest BCUT2D eigenvalue weighted by Gasteiger charge is -2.15. The first-order valence-electron chi connectivity index (χ1n) is 8.01. The van der Waals surface area contributed by atoms with Crippen LogP contribution < -0.4 is 10.1 Å². The van der Waals surface area contributed by atoms with Crippen LogP contribution in [0.2, 0.25) is 0 Å². The molecule has 0 aliphatic carbocycles. The molecule has 0 bridgehead atoms. The fourth-order valence-corrected chi connectivity index (χ4v) is 2.34. The van der Waals surface area contributed by atoms with Crippen LogP contribution in [0.1, 0.15) is 6.92 Å². The molecule has 2 heterocycles. The molecule has 0 radical (unpaired) electrons. The molecule has 1 aromatic carbocycles. The number of hydrogen-bond acceptors (Lipinski definition) is 5. The summed E-state index contributed by atoms with van der Waals surface area (Å²) in [6.45, 7) is 2.77. The molecule has 3 aromatic rings. The summed E-state index contributed by atoms with van der Waals surface area (Å²) in [5.74, 6) is 1.23. The second-order valence-corrected chi connectivity index (χ2v) is 5.40. The van der Waals surface area contributed by atoms with Gasteiger partial charge in [-0.15, -0.1) is 0 Å². The highest BCUT2D eigenvalue weighted by Crippen LogP contribution is 2.13. The second kappa shape index (κ2) is 8.05. The molecule has 1 amide bonds. The molecule has 25 heavy (non-hydrogen) atoms. The molecule has 7 nitrogen and oxygen atoms in total. The van der Waals surface area contributed by atoms with Gasteiger partial charge in [-0.05, 0) is 19.1 Å². The Morgan fingerprint density at radius 3 is 2.80 bits per heavy atom. The highest BCUT2D eigenvalue weighted by molar-refractivity contribution is 5.80. The molecule has 2 aromatic heterocycles. The van der Waals surface area contributed by atoms with Crippen LogP contribution in [0.5, 0.6) is 5.75 Å². The number of benzene rings is 1. The Morgan fingerprint density at radius 2 is 2.04 bits per heavy atom. The zero-order valence-electron chi connectivity index (χ0n) is 13.9. The summed E-state index contributed by atoms with van der Waals surface area (Å²) in [5.41, 5.74) is 0.694. The number of amides is 1. The Balaban J connectivity index is 1.52. The molecule has 7 heteroatoms. The van der Waals surface area contributed by atoms with Gasteiger partial charge in [-0.2, -0.15) is 0 Å². The van der Waals surface area contributed by atoms with Crippen molar-refractivity contribution in [1.29, 1.82) is 0 Å². The predicted octanol–water partition coefficient (Wildman–Crippen LogP) is 1.92. The largest absolute Gasteiger partial charge is 0.481 e. The first-order chi connectivity index (χ1) is 12.2. The number of rotatable bonds is 7. The fourth-order valence-electron chi connectivity index (χ4n) is 2.34. The molecule has 1 atom stereocenters. The lowest BCUT2D eigenvalue weighted by Crippen LogP contribution is -2.37. The second-order valence-electron chi connectivity index (χ2n) is 5.40.